The number of carbonyl (C=O) groups is 1. The molecule has 1 atom stereocenters. The number of aliphatic hydroxyl groups excluding tert-OH is 1. The number of carboxylic acids is 1. The van der Waals surface area contributed by atoms with Gasteiger partial charge in [-0.3, -0.25) is 24.7 Å². The van der Waals surface area contributed by atoms with Gasteiger partial charge in [0, 0.05) is 104 Å². The summed E-state index contributed by atoms with van der Waals surface area (Å²) in [4.78, 5) is 26.8. The number of aromatic nitrogens is 2. The molecule has 6 aromatic rings. The van der Waals surface area contributed by atoms with E-state index in [-0.39, 0.29) is 58.5 Å². The van der Waals surface area contributed by atoms with Gasteiger partial charge >= 0.3 is 5.97 Å². The van der Waals surface area contributed by atoms with E-state index in [2.05, 4.69) is 40.9 Å². The van der Waals surface area contributed by atoms with E-state index >= 15 is 0 Å². The van der Waals surface area contributed by atoms with Crippen LogP contribution in [-0.2, 0) is 44.4 Å². The minimum absolute atomic E-state index is 0.0167. The van der Waals surface area contributed by atoms with Gasteiger partial charge in [0.25, 0.3) is 0 Å². The average molecular weight is 964 g/mol. The predicted molar refractivity (Wildman–Crippen MR) is 267 cm³/mol. The monoisotopic (exact) mass is 962 g/mol. The topological polar surface area (TPSA) is 183 Å². The van der Waals surface area contributed by atoms with Gasteiger partial charge in [-0.05, 0) is 83.8 Å². The van der Waals surface area contributed by atoms with E-state index in [1.165, 1.54) is 6.21 Å². The summed E-state index contributed by atoms with van der Waals surface area (Å²) < 4.78 is 25.3. The zero-order chi connectivity index (χ0) is 48.7. The molecule has 0 aliphatic carbocycles. The van der Waals surface area contributed by atoms with E-state index in [0.717, 1.165) is 50.1 Å². The van der Waals surface area contributed by atoms with Crippen LogP contribution in [0.15, 0.2) is 103 Å². The molecule has 15 heteroatoms. The zero-order valence-corrected chi connectivity index (χ0v) is 40.4. The van der Waals surface area contributed by atoms with Crippen molar-refractivity contribution in [3.8, 4) is 34.1 Å². The molecule has 356 valence electrons. The molecular formula is C53H58Cl2N5O8+. The quantitative estimate of drug-likeness (QED) is 0.0390. The standard InChI is InChI=1S/C53H57Cl2N5O8/c1-33(2)26-60(48(12-13-61)53(63)64)27-42-16-46(54)51(18-49(42)65-29-38-14-36(20-56)22-58-24-38)67-31-40-8-6-10-44(34(40)3)45-11-7-9-41(35(45)4)32-68-52-19-50(43(28-62)17-47(52)55)66-30-39-15-37(21-57-5)23-59-25-39/h6-11,14-25,33,48,56,61-62H,12-13,26-32H2,1-5H3,(H,63,64)/p+1. The van der Waals surface area contributed by atoms with E-state index in [1.807, 2.05) is 55.1 Å². The summed E-state index contributed by atoms with van der Waals surface area (Å²) >= 11 is 13.6. The molecule has 2 aromatic heterocycles. The fourth-order valence-corrected chi connectivity index (χ4v) is 8.33. The number of rotatable bonds is 24. The summed E-state index contributed by atoms with van der Waals surface area (Å²) in [5.74, 6) is 0.895. The Morgan fingerprint density at radius 1 is 0.750 bits per heavy atom. The number of halogens is 2. The first kappa shape index (κ1) is 51.0. The van der Waals surface area contributed by atoms with Gasteiger partial charge in [-0.25, -0.2) is 0 Å². The van der Waals surface area contributed by atoms with Crippen LogP contribution in [0.4, 0.5) is 0 Å². The van der Waals surface area contributed by atoms with Gasteiger partial charge in [-0.1, -0.05) is 73.4 Å². The average Bonchev–Trinajstić information content (AvgIpc) is 3.32. The SMILES string of the molecule is CN=Cc1cncc(COc2cc(OCc3cccc(-c4cccc(COc5cc(OCc6cncc(C=N)c6)c(CN(CC(C)C)C(CCO)C(=O)O)cc5Cl)c4C)c3C)c(Cl)cc2C[OH2+])c1. The lowest BCUT2D eigenvalue weighted by Crippen LogP contribution is -2.43. The van der Waals surface area contributed by atoms with Crippen LogP contribution in [0, 0.1) is 25.2 Å². The normalized spacial score (nSPS) is 11.9. The highest BCUT2D eigenvalue weighted by molar-refractivity contribution is 6.32. The number of aliphatic carboxylic acids is 1. The number of pyridine rings is 2. The Hall–Kier alpha value is -6.35. The van der Waals surface area contributed by atoms with E-state index in [4.69, 9.17) is 52.7 Å². The molecule has 4 aromatic carbocycles. The lowest BCUT2D eigenvalue weighted by molar-refractivity contribution is -0.144. The van der Waals surface area contributed by atoms with E-state index in [1.54, 1.807) is 62.3 Å². The number of benzene rings is 4. The molecule has 13 nitrogen and oxygen atoms in total. The lowest BCUT2D eigenvalue weighted by Gasteiger charge is -2.31. The summed E-state index contributed by atoms with van der Waals surface area (Å²) in [5.41, 5.74) is 10.4. The lowest BCUT2D eigenvalue weighted by atomic mass is 9.92. The largest absolute Gasteiger partial charge is 0.488 e. The Morgan fingerprint density at radius 3 is 1.76 bits per heavy atom. The van der Waals surface area contributed by atoms with Crippen LogP contribution in [0.1, 0.15) is 75.9 Å². The first-order valence-corrected chi connectivity index (χ1v) is 22.9. The number of hydrogen-bond acceptors (Lipinski definition) is 11. The van der Waals surface area contributed by atoms with Gasteiger partial charge in [0.05, 0.1) is 15.6 Å². The van der Waals surface area contributed by atoms with Crippen molar-refractivity contribution in [2.75, 3.05) is 20.2 Å². The molecule has 2 heterocycles. The Morgan fingerprint density at radius 2 is 1.26 bits per heavy atom. The maximum atomic E-state index is 12.4. The van der Waals surface area contributed by atoms with E-state index in [9.17, 15) is 15.0 Å². The first-order valence-electron chi connectivity index (χ1n) is 22.2. The molecule has 0 radical (unpaired) electrons. The van der Waals surface area contributed by atoms with Gasteiger partial charge in [-0.2, -0.15) is 0 Å². The molecule has 0 aliphatic heterocycles. The van der Waals surface area contributed by atoms with Crippen molar-refractivity contribution in [2.24, 2.45) is 10.9 Å². The smallest absolute Gasteiger partial charge is 0.321 e. The van der Waals surface area contributed by atoms with Gasteiger partial charge in [-0.15, -0.1) is 0 Å². The molecule has 0 amide bonds. The first-order chi connectivity index (χ1) is 32.8. The molecule has 1 unspecified atom stereocenters. The van der Waals surface area contributed by atoms with Crippen molar-refractivity contribution < 1.29 is 39.1 Å². The van der Waals surface area contributed by atoms with Crippen molar-refractivity contribution in [2.45, 2.75) is 79.7 Å². The summed E-state index contributed by atoms with van der Waals surface area (Å²) in [7, 11) is 1.70. The molecule has 0 aliphatic rings. The third kappa shape index (κ3) is 13.4. The van der Waals surface area contributed by atoms with Crippen molar-refractivity contribution in [3.63, 3.8) is 0 Å². The minimum Gasteiger partial charge on any atom is -0.488 e. The molecule has 0 saturated heterocycles. The number of ether oxygens (including phenoxy) is 4. The van der Waals surface area contributed by atoms with Gasteiger partial charge in [0.2, 0.25) is 0 Å². The molecule has 0 fully saturated rings. The number of nitrogens with one attached hydrogen (secondary N) is 1. The molecule has 0 spiro atoms. The third-order valence-corrected chi connectivity index (χ3v) is 11.9. The van der Waals surface area contributed by atoms with Crippen LogP contribution in [0.25, 0.3) is 11.1 Å². The maximum absolute atomic E-state index is 12.4. The Labute approximate surface area is 407 Å². The summed E-state index contributed by atoms with van der Waals surface area (Å²) in [5, 5.41) is 36.4. The van der Waals surface area contributed by atoms with Crippen molar-refractivity contribution in [3.05, 3.63) is 163 Å². The van der Waals surface area contributed by atoms with Crippen LogP contribution < -0.4 is 18.9 Å². The molecule has 0 bridgehead atoms. The number of aliphatic hydroxyl groups is 1. The third-order valence-electron chi connectivity index (χ3n) is 11.3. The Balaban J connectivity index is 1.22. The number of carboxylic acid groups (broad SMARTS) is 1. The van der Waals surface area contributed by atoms with Crippen molar-refractivity contribution in [1.82, 2.24) is 14.9 Å². The second-order valence-corrected chi connectivity index (χ2v) is 17.6. The highest BCUT2D eigenvalue weighted by atomic mass is 35.5. The second kappa shape index (κ2) is 24.6. The van der Waals surface area contributed by atoms with Crippen LogP contribution in [0.2, 0.25) is 10.0 Å². The highest BCUT2D eigenvalue weighted by Crippen LogP contribution is 2.38. The Bertz CT molecular complexity index is 2730. The Kier molecular flexibility index (Phi) is 18.5. The van der Waals surface area contributed by atoms with Crippen LogP contribution >= 0.6 is 23.2 Å². The maximum Gasteiger partial charge on any atom is 0.321 e. The molecule has 6 rings (SSSR count). The highest BCUT2D eigenvalue weighted by Gasteiger charge is 2.28. The minimum atomic E-state index is -1.02. The summed E-state index contributed by atoms with van der Waals surface area (Å²) in [6.45, 7) is 9.29. The molecule has 68 heavy (non-hydrogen) atoms. The number of hydrogen-bond donors (Lipinski definition) is 3. The van der Waals surface area contributed by atoms with Gasteiger partial charge in [0.15, 0.2) is 6.61 Å². The number of aliphatic imine (C=N–C) groups is 1. The summed E-state index contributed by atoms with van der Waals surface area (Å²) in [6.07, 6.45) is 9.72. The number of nitrogens with zero attached hydrogens (tertiary/aromatic N) is 4. The van der Waals surface area contributed by atoms with Crippen molar-refractivity contribution in [1.29, 1.82) is 5.41 Å². The van der Waals surface area contributed by atoms with Crippen LogP contribution in [0.5, 0.6) is 23.0 Å². The zero-order valence-electron chi connectivity index (χ0n) is 38.9. The van der Waals surface area contributed by atoms with Crippen molar-refractivity contribution >= 4 is 41.6 Å². The summed E-state index contributed by atoms with van der Waals surface area (Å²) in [6, 6.07) is 21.9. The van der Waals surface area contributed by atoms with E-state index < -0.39 is 12.0 Å². The molecule has 5 N–H and O–H groups in total. The van der Waals surface area contributed by atoms with Crippen LogP contribution in [-0.4, -0.2) is 74.8 Å². The second-order valence-electron chi connectivity index (χ2n) is 16.8. The van der Waals surface area contributed by atoms with E-state index in [0.29, 0.717) is 56.3 Å². The van der Waals surface area contributed by atoms with Gasteiger partial charge in [0.1, 0.15) is 55.5 Å². The fourth-order valence-electron chi connectivity index (χ4n) is 7.85. The van der Waals surface area contributed by atoms with Crippen LogP contribution in [0.3, 0.4) is 0 Å². The molecular weight excluding hydrogens is 906 g/mol. The predicted octanol–water partition coefficient (Wildman–Crippen LogP) is 9.95. The molecule has 0 saturated carbocycles. The van der Waals surface area contributed by atoms with Gasteiger partial charge < -0.3 is 39.7 Å². The fraction of sp³-hybridized carbons (Fsp3) is 0.302.